The smallest absolute Gasteiger partial charge is 0.322 e. The molecule has 0 radical (unpaired) electrons. The maximum Gasteiger partial charge on any atom is 0.322 e. The van der Waals surface area contributed by atoms with Crippen molar-refractivity contribution in [2.24, 2.45) is 11.7 Å². The second-order valence-electron chi connectivity index (χ2n) is 4.63. The maximum atomic E-state index is 10.8. The molecule has 3 N–H and O–H groups in total. The van der Waals surface area contributed by atoms with E-state index in [1.54, 1.807) is 0 Å². The Bertz CT molecular complexity index is 244. The van der Waals surface area contributed by atoms with Crippen molar-refractivity contribution in [2.45, 2.75) is 44.3 Å². The van der Waals surface area contributed by atoms with Crippen LogP contribution in [0.1, 0.15) is 26.2 Å². The van der Waals surface area contributed by atoms with Crippen LogP contribution in [0.15, 0.2) is 0 Å². The number of nitrogens with zero attached hydrogens (tertiary/aromatic N) is 1. The van der Waals surface area contributed by atoms with Gasteiger partial charge in [0.15, 0.2) is 0 Å². The Morgan fingerprint density at radius 3 is 2.71 bits per heavy atom. The van der Waals surface area contributed by atoms with E-state index in [1.807, 2.05) is 6.92 Å². The maximum absolute atomic E-state index is 10.8. The number of nitrogens with two attached hydrogens (primary N) is 1. The first kappa shape index (κ1) is 9.93. The van der Waals surface area contributed by atoms with Gasteiger partial charge in [0.2, 0.25) is 0 Å². The average molecular weight is 198 g/mol. The van der Waals surface area contributed by atoms with Gasteiger partial charge >= 0.3 is 5.97 Å². The summed E-state index contributed by atoms with van der Waals surface area (Å²) >= 11 is 0. The molecule has 1 saturated heterocycles. The fraction of sp³-hybridized carbons (Fsp3) is 0.900. The highest BCUT2D eigenvalue weighted by Crippen LogP contribution is 2.38. The average Bonchev–Trinajstić information content (AvgIpc) is 2.76. The molecule has 2 bridgehead atoms. The lowest BCUT2D eigenvalue weighted by Crippen LogP contribution is -2.52. The zero-order valence-electron chi connectivity index (χ0n) is 8.52. The highest BCUT2D eigenvalue weighted by atomic mass is 16.4. The normalized spacial score (nSPS) is 35.9. The zero-order valence-corrected chi connectivity index (χ0v) is 8.52. The van der Waals surface area contributed by atoms with Crippen molar-refractivity contribution in [3.63, 3.8) is 0 Å². The number of carbonyl (C=O) groups is 1. The van der Waals surface area contributed by atoms with Crippen molar-refractivity contribution in [1.29, 1.82) is 0 Å². The molecule has 1 aliphatic carbocycles. The Balaban J connectivity index is 1.98. The molecule has 4 atom stereocenters. The van der Waals surface area contributed by atoms with Crippen molar-refractivity contribution in [3.05, 3.63) is 0 Å². The molecule has 0 aromatic heterocycles. The molecule has 4 unspecified atom stereocenters. The summed E-state index contributed by atoms with van der Waals surface area (Å²) in [6, 6.07) is -0.169. The number of rotatable bonds is 3. The van der Waals surface area contributed by atoms with E-state index in [9.17, 15) is 4.79 Å². The van der Waals surface area contributed by atoms with Gasteiger partial charge in [0.25, 0.3) is 0 Å². The van der Waals surface area contributed by atoms with Crippen LogP contribution in [0.25, 0.3) is 0 Å². The molecule has 1 heterocycles. The van der Waals surface area contributed by atoms with Gasteiger partial charge in [-0.1, -0.05) is 0 Å². The lowest BCUT2D eigenvalue weighted by atomic mass is 10.0. The minimum absolute atomic E-state index is 0.0252. The molecule has 4 nitrogen and oxygen atoms in total. The van der Waals surface area contributed by atoms with E-state index in [4.69, 9.17) is 10.8 Å². The van der Waals surface area contributed by atoms with Gasteiger partial charge in [-0.2, -0.15) is 0 Å². The van der Waals surface area contributed by atoms with Gasteiger partial charge in [0, 0.05) is 18.6 Å². The highest BCUT2D eigenvalue weighted by Gasteiger charge is 2.42. The van der Waals surface area contributed by atoms with Crippen molar-refractivity contribution >= 4 is 5.97 Å². The summed E-state index contributed by atoms with van der Waals surface area (Å²) < 4.78 is 0. The van der Waals surface area contributed by atoms with Gasteiger partial charge < -0.3 is 10.8 Å². The summed E-state index contributed by atoms with van der Waals surface area (Å²) in [4.78, 5) is 13.0. The van der Waals surface area contributed by atoms with E-state index in [2.05, 4.69) is 4.90 Å². The zero-order chi connectivity index (χ0) is 10.3. The van der Waals surface area contributed by atoms with Crippen molar-refractivity contribution in [3.8, 4) is 0 Å². The Labute approximate surface area is 84.1 Å². The molecule has 80 valence electrons. The monoisotopic (exact) mass is 198 g/mol. The Hall–Kier alpha value is -0.610. The fourth-order valence-electron chi connectivity index (χ4n) is 2.87. The fourth-order valence-corrected chi connectivity index (χ4v) is 2.87. The lowest BCUT2D eigenvalue weighted by Gasteiger charge is -2.34. The van der Waals surface area contributed by atoms with E-state index < -0.39 is 12.0 Å². The predicted molar refractivity (Wildman–Crippen MR) is 52.9 cm³/mol. The number of hydrogen-bond acceptors (Lipinski definition) is 3. The van der Waals surface area contributed by atoms with Crippen LogP contribution in [-0.2, 0) is 4.79 Å². The van der Waals surface area contributed by atoms with Gasteiger partial charge in [-0.15, -0.1) is 0 Å². The molecule has 1 aliphatic heterocycles. The quantitative estimate of drug-likeness (QED) is 0.683. The number of likely N-dealkylation sites (tertiary alicyclic amines) is 1. The molecule has 0 amide bonds. The predicted octanol–water partition coefficient (Wildman–Crippen LogP) is 0.271. The number of fused-ring (bicyclic) bond motifs is 2. The van der Waals surface area contributed by atoms with E-state index in [-0.39, 0.29) is 6.04 Å². The largest absolute Gasteiger partial charge is 0.480 e. The third kappa shape index (κ3) is 1.53. The molecule has 2 aliphatic rings. The summed E-state index contributed by atoms with van der Waals surface area (Å²) in [5, 5.41) is 8.83. The molecule has 1 saturated carbocycles. The third-order valence-electron chi connectivity index (χ3n) is 3.78. The number of carboxylic acid groups (broad SMARTS) is 1. The summed E-state index contributed by atoms with van der Waals surface area (Å²) in [5.41, 5.74) is 5.63. The van der Waals surface area contributed by atoms with Crippen LogP contribution in [0.3, 0.4) is 0 Å². The van der Waals surface area contributed by atoms with Gasteiger partial charge in [0.05, 0.1) is 0 Å². The second kappa shape index (κ2) is 3.51. The van der Waals surface area contributed by atoms with E-state index >= 15 is 0 Å². The standard InChI is InChI=1S/C10H18N2O2/c1-6(9(11)10(13)14)12-5-7-2-3-8(12)4-7/h6-9H,2-5,11H2,1H3,(H,13,14). The molecule has 0 spiro atoms. The first-order valence-corrected chi connectivity index (χ1v) is 5.33. The van der Waals surface area contributed by atoms with E-state index in [0.29, 0.717) is 6.04 Å². The van der Waals surface area contributed by atoms with Gasteiger partial charge in [-0.25, -0.2) is 0 Å². The van der Waals surface area contributed by atoms with Gasteiger partial charge in [-0.05, 0) is 32.1 Å². The molecule has 0 aromatic rings. The van der Waals surface area contributed by atoms with E-state index in [1.165, 1.54) is 19.3 Å². The minimum atomic E-state index is -0.889. The molecule has 0 aromatic carbocycles. The van der Waals surface area contributed by atoms with Crippen LogP contribution in [-0.4, -0.2) is 40.6 Å². The molecular formula is C10H18N2O2. The van der Waals surface area contributed by atoms with Crippen LogP contribution in [0.2, 0.25) is 0 Å². The second-order valence-corrected chi connectivity index (χ2v) is 4.63. The van der Waals surface area contributed by atoms with Crippen LogP contribution in [0.4, 0.5) is 0 Å². The van der Waals surface area contributed by atoms with Gasteiger partial charge in [0.1, 0.15) is 6.04 Å². The van der Waals surface area contributed by atoms with Crippen molar-refractivity contribution in [1.82, 2.24) is 4.90 Å². The summed E-state index contributed by atoms with van der Waals surface area (Å²) in [6.07, 6.45) is 3.79. The number of aliphatic carboxylic acids is 1. The van der Waals surface area contributed by atoms with Gasteiger partial charge in [-0.3, -0.25) is 9.69 Å². The van der Waals surface area contributed by atoms with Crippen molar-refractivity contribution < 1.29 is 9.90 Å². The third-order valence-corrected chi connectivity index (χ3v) is 3.78. The molecular weight excluding hydrogens is 180 g/mol. The summed E-state index contributed by atoms with van der Waals surface area (Å²) in [6.45, 7) is 2.98. The Kier molecular flexibility index (Phi) is 2.49. The number of piperidine rings is 1. The summed E-state index contributed by atoms with van der Waals surface area (Å²) in [7, 11) is 0. The lowest BCUT2D eigenvalue weighted by molar-refractivity contribution is -0.140. The Morgan fingerprint density at radius 1 is 1.57 bits per heavy atom. The molecule has 4 heteroatoms. The van der Waals surface area contributed by atoms with Crippen LogP contribution in [0.5, 0.6) is 0 Å². The van der Waals surface area contributed by atoms with Crippen LogP contribution < -0.4 is 5.73 Å². The number of hydrogen-bond donors (Lipinski definition) is 2. The molecule has 2 rings (SSSR count). The summed E-state index contributed by atoms with van der Waals surface area (Å²) in [5.74, 6) is -0.0938. The SMILES string of the molecule is CC(C(N)C(=O)O)N1CC2CCC1C2. The molecule has 2 fully saturated rings. The van der Waals surface area contributed by atoms with E-state index in [0.717, 1.165) is 12.5 Å². The van der Waals surface area contributed by atoms with Crippen LogP contribution >= 0.6 is 0 Å². The topological polar surface area (TPSA) is 66.6 Å². The number of carboxylic acids is 1. The first-order chi connectivity index (χ1) is 6.59. The molecule has 14 heavy (non-hydrogen) atoms. The van der Waals surface area contributed by atoms with Crippen molar-refractivity contribution in [2.75, 3.05) is 6.54 Å². The minimum Gasteiger partial charge on any atom is -0.480 e. The highest BCUT2D eigenvalue weighted by molar-refractivity contribution is 5.74. The first-order valence-electron chi connectivity index (χ1n) is 5.33. The Morgan fingerprint density at radius 2 is 2.29 bits per heavy atom. The van der Waals surface area contributed by atoms with Crippen LogP contribution in [0, 0.1) is 5.92 Å².